The molecule has 2 amide bonds. The standard InChI is InChI=1S/C24H26N4O2/c29-23(15-21-8-3-7-20-6-1-2-9-22(20)21)26-17-24(30)28-13-11-27(12-14-28)18-19-5-4-10-25-16-19/h1-10,16H,11-15,17-18H2,(H,26,29). The minimum Gasteiger partial charge on any atom is -0.347 e. The van der Waals surface area contributed by atoms with E-state index in [1.165, 1.54) is 5.56 Å². The number of amides is 2. The molecule has 0 atom stereocenters. The number of hydrogen-bond acceptors (Lipinski definition) is 4. The number of pyridine rings is 1. The fraction of sp³-hybridized carbons (Fsp3) is 0.292. The molecule has 6 heteroatoms. The van der Waals surface area contributed by atoms with Crippen molar-refractivity contribution in [1.29, 1.82) is 0 Å². The van der Waals surface area contributed by atoms with Gasteiger partial charge in [-0.2, -0.15) is 0 Å². The van der Waals surface area contributed by atoms with Crippen molar-refractivity contribution in [1.82, 2.24) is 20.1 Å². The highest BCUT2D eigenvalue weighted by molar-refractivity contribution is 5.91. The van der Waals surface area contributed by atoms with Gasteiger partial charge in [-0.25, -0.2) is 0 Å². The minimum atomic E-state index is -0.130. The fourth-order valence-electron chi connectivity index (χ4n) is 3.87. The van der Waals surface area contributed by atoms with Crippen LogP contribution in [-0.2, 0) is 22.6 Å². The van der Waals surface area contributed by atoms with Crippen molar-refractivity contribution in [2.24, 2.45) is 0 Å². The lowest BCUT2D eigenvalue weighted by Crippen LogP contribution is -2.50. The Hall–Kier alpha value is -3.25. The van der Waals surface area contributed by atoms with Crippen LogP contribution >= 0.6 is 0 Å². The largest absolute Gasteiger partial charge is 0.347 e. The summed E-state index contributed by atoms with van der Waals surface area (Å²) < 4.78 is 0. The van der Waals surface area contributed by atoms with Crippen LogP contribution in [0.1, 0.15) is 11.1 Å². The third kappa shape index (κ3) is 5.02. The Morgan fingerprint density at radius 3 is 2.53 bits per heavy atom. The minimum absolute atomic E-state index is 0.0257. The number of carbonyl (C=O) groups is 2. The lowest BCUT2D eigenvalue weighted by molar-refractivity contribution is -0.134. The van der Waals surface area contributed by atoms with Crippen molar-refractivity contribution in [3.05, 3.63) is 78.1 Å². The number of aromatic nitrogens is 1. The van der Waals surface area contributed by atoms with Crippen LogP contribution in [0.2, 0.25) is 0 Å². The highest BCUT2D eigenvalue weighted by Gasteiger charge is 2.21. The van der Waals surface area contributed by atoms with E-state index >= 15 is 0 Å². The van der Waals surface area contributed by atoms with E-state index in [1.807, 2.05) is 59.6 Å². The van der Waals surface area contributed by atoms with E-state index in [0.29, 0.717) is 13.1 Å². The number of benzene rings is 2. The summed E-state index contributed by atoms with van der Waals surface area (Å²) in [5.74, 6) is -0.155. The van der Waals surface area contributed by atoms with Crippen molar-refractivity contribution in [3.8, 4) is 0 Å². The van der Waals surface area contributed by atoms with Gasteiger partial charge in [0.1, 0.15) is 0 Å². The summed E-state index contributed by atoms with van der Waals surface area (Å²) in [4.78, 5) is 33.2. The first-order valence-corrected chi connectivity index (χ1v) is 10.3. The Labute approximate surface area is 176 Å². The molecule has 0 saturated carbocycles. The van der Waals surface area contributed by atoms with Crippen LogP contribution in [-0.4, -0.2) is 59.3 Å². The Kier molecular flexibility index (Phi) is 6.35. The number of nitrogens with one attached hydrogen (secondary N) is 1. The summed E-state index contributed by atoms with van der Waals surface area (Å²) in [7, 11) is 0. The van der Waals surface area contributed by atoms with Gasteiger partial charge >= 0.3 is 0 Å². The smallest absolute Gasteiger partial charge is 0.242 e. The predicted octanol–water partition coefficient (Wildman–Crippen LogP) is 2.24. The highest BCUT2D eigenvalue weighted by Crippen LogP contribution is 2.18. The van der Waals surface area contributed by atoms with Crippen molar-refractivity contribution >= 4 is 22.6 Å². The first-order chi connectivity index (χ1) is 14.7. The van der Waals surface area contributed by atoms with E-state index in [0.717, 1.165) is 36.0 Å². The zero-order valence-corrected chi connectivity index (χ0v) is 17.0. The topological polar surface area (TPSA) is 65.5 Å². The van der Waals surface area contributed by atoms with E-state index in [4.69, 9.17) is 0 Å². The van der Waals surface area contributed by atoms with E-state index in [-0.39, 0.29) is 24.8 Å². The zero-order valence-electron chi connectivity index (χ0n) is 17.0. The van der Waals surface area contributed by atoms with Crippen LogP contribution in [0.15, 0.2) is 67.0 Å². The molecule has 2 heterocycles. The van der Waals surface area contributed by atoms with Gasteiger partial charge in [0.05, 0.1) is 13.0 Å². The molecule has 1 aliphatic heterocycles. The van der Waals surface area contributed by atoms with E-state index in [2.05, 4.69) is 21.3 Å². The van der Waals surface area contributed by atoms with Gasteiger partial charge in [-0.05, 0) is 28.0 Å². The highest BCUT2D eigenvalue weighted by atomic mass is 16.2. The van der Waals surface area contributed by atoms with E-state index in [9.17, 15) is 9.59 Å². The monoisotopic (exact) mass is 402 g/mol. The number of carbonyl (C=O) groups excluding carboxylic acids is 2. The SMILES string of the molecule is O=C(Cc1cccc2ccccc12)NCC(=O)N1CCN(Cc2cccnc2)CC1. The second kappa shape index (κ2) is 9.50. The summed E-state index contributed by atoms with van der Waals surface area (Å²) in [6.45, 7) is 3.90. The average Bonchev–Trinajstić information content (AvgIpc) is 2.79. The van der Waals surface area contributed by atoms with Gasteiger partial charge < -0.3 is 10.2 Å². The Morgan fingerprint density at radius 2 is 1.73 bits per heavy atom. The normalized spacial score (nSPS) is 14.6. The molecule has 1 aromatic heterocycles. The van der Waals surface area contributed by atoms with Crippen molar-refractivity contribution < 1.29 is 9.59 Å². The van der Waals surface area contributed by atoms with Crippen LogP contribution in [0, 0.1) is 0 Å². The first-order valence-electron chi connectivity index (χ1n) is 10.3. The molecule has 1 saturated heterocycles. The molecule has 1 N–H and O–H groups in total. The number of nitrogens with zero attached hydrogens (tertiary/aromatic N) is 3. The predicted molar refractivity (Wildman–Crippen MR) is 117 cm³/mol. The summed E-state index contributed by atoms with van der Waals surface area (Å²) in [5.41, 5.74) is 2.15. The molecule has 3 aromatic rings. The number of rotatable bonds is 6. The van der Waals surface area contributed by atoms with Crippen LogP contribution in [0.5, 0.6) is 0 Å². The van der Waals surface area contributed by atoms with Gasteiger partial charge in [0.2, 0.25) is 11.8 Å². The maximum Gasteiger partial charge on any atom is 0.242 e. The molecule has 154 valence electrons. The Morgan fingerprint density at radius 1 is 0.933 bits per heavy atom. The molecular formula is C24H26N4O2. The maximum atomic E-state index is 12.5. The molecule has 0 bridgehead atoms. The summed E-state index contributed by atoms with van der Waals surface area (Å²) in [6.07, 6.45) is 3.92. The second-order valence-corrected chi connectivity index (χ2v) is 7.61. The van der Waals surface area contributed by atoms with Gasteiger partial charge in [0, 0.05) is 45.1 Å². The van der Waals surface area contributed by atoms with Crippen molar-refractivity contribution in [2.75, 3.05) is 32.7 Å². The van der Waals surface area contributed by atoms with Crippen LogP contribution < -0.4 is 5.32 Å². The molecule has 0 radical (unpaired) electrons. The molecule has 0 aliphatic carbocycles. The third-order valence-corrected chi connectivity index (χ3v) is 5.52. The van der Waals surface area contributed by atoms with Gasteiger partial charge in [-0.3, -0.25) is 19.5 Å². The number of hydrogen-bond donors (Lipinski definition) is 1. The third-order valence-electron chi connectivity index (χ3n) is 5.52. The summed E-state index contributed by atoms with van der Waals surface area (Å²) >= 11 is 0. The van der Waals surface area contributed by atoms with E-state index in [1.54, 1.807) is 6.20 Å². The van der Waals surface area contributed by atoms with Gasteiger partial charge in [0.25, 0.3) is 0 Å². The Balaban J connectivity index is 1.23. The average molecular weight is 402 g/mol. The molecule has 0 unspecified atom stereocenters. The molecule has 1 aliphatic rings. The van der Waals surface area contributed by atoms with Crippen LogP contribution in [0.25, 0.3) is 10.8 Å². The molecular weight excluding hydrogens is 376 g/mol. The van der Waals surface area contributed by atoms with E-state index < -0.39 is 0 Å². The second-order valence-electron chi connectivity index (χ2n) is 7.61. The zero-order chi connectivity index (χ0) is 20.8. The maximum absolute atomic E-state index is 12.5. The molecule has 0 spiro atoms. The summed E-state index contributed by atoms with van der Waals surface area (Å²) in [5, 5.41) is 4.98. The molecule has 6 nitrogen and oxygen atoms in total. The van der Waals surface area contributed by atoms with Crippen molar-refractivity contribution in [3.63, 3.8) is 0 Å². The van der Waals surface area contributed by atoms with Gasteiger partial charge in [-0.1, -0.05) is 48.5 Å². The number of piperazine rings is 1. The van der Waals surface area contributed by atoms with Crippen LogP contribution in [0.3, 0.4) is 0 Å². The van der Waals surface area contributed by atoms with Gasteiger partial charge in [-0.15, -0.1) is 0 Å². The summed E-state index contributed by atoms with van der Waals surface area (Å²) in [6, 6.07) is 18.0. The Bertz CT molecular complexity index is 1010. The van der Waals surface area contributed by atoms with Crippen LogP contribution in [0.4, 0.5) is 0 Å². The first kappa shape index (κ1) is 20.0. The lowest BCUT2D eigenvalue weighted by Gasteiger charge is -2.34. The lowest BCUT2D eigenvalue weighted by atomic mass is 10.0. The molecule has 30 heavy (non-hydrogen) atoms. The quantitative estimate of drug-likeness (QED) is 0.687. The molecule has 2 aromatic carbocycles. The fourth-order valence-corrected chi connectivity index (χ4v) is 3.87. The molecule has 1 fully saturated rings. The molecule has 4 rings (SSSR count). The van der Waals surface area contributed by atoms with Crippen molar-refractivity contribution in [2.45, 2.75) is 13.0 Å². The number of fused-ring (bicyclic) bond motifs is 1. The van der Waals surface area contributed by atoms with Gasteiger partial charge in [0.15, 0.2) is 0 Å².